The maximum absolute atomic E-state index is 14.3. The number of hydrogen-bond donors (Lipinski definition) is 5. The van der Waals surface area contributed by atoms with E-state index in [-0.39, 0.29) is 22.9 Å². The lowest BCUT2D eigenvalue weighted by Crippen LogP contribution is -2.33. The molecule has 1 fully saturated rings. The first-order valence-electron chi connectivity index (χ1n) is 10.6. The first-order chi connectivity index (χ1) is 17.0. The molecule has 0 saturated carbocycles. The van der Waals surface area contributed by atoms with Crippen LogP contribution in [0.4, 0.5) is 14.6 Å². The molecule has 3 heterocycles. The largest absolute Gasteiger partial charge is 0.387 e. The van der Waals surface area contributed by atoms with Crippen molar-refractivity contribution in [2.24, 2.45) is 0 Å². The Bertz CT molecular complexity index is 1360. The molecular formula is C21H22F2N5O7P. The van der Waals surface area contributed by atoms with Crippen molar-refractivity contribution >= 4 is 24.4 Å². The predicted octanol–water partition coefficient (Wildman–Crippen LogP) is 1.53. The number of anilines is 1. The van der Waals surface area contributed by atoms with E-state index < -0.39 is 62.8 Å². The van der Waals surface area contributed by atoms with E-state index in [0.717, 1.165) is 12.1 Å². The van der Waals surface area contributed by atoms with Gasteiger partial charge in [-0.2, -0.15) is 5.26 Å². The molecule has 0 unspecified atom stereocenters. The third kappa shape index (κ3) is 5.37. The van der Waals surface area contributed by atoms with Crippen LogP contribution < -0.4 is 5.32 Å². The fourth-order valence-electron chi connectivity index (χ4n) is 3.92. The van der Waals surface area contributed by atoms with Crippen molar-refractivity contribution in [1.29, 1.82) is 5.26 Å². The fourth-order valence-corrected chi connectivity index (χ4v) is 4.26. The van der Waals surface area contributed by atoms with E-state index >= 15 is 0 Å². The monoisotopic (exact) mass is 525 g/mol. The van der Waals surface area contributed by atoms with Crippen LogP contribution >= 0.6 is 7.60 Å². The number of rotatable bonds is 8. The van der Waals surface area contributed by atoms with Gasteiger partial charge in [-0.25, -0.2) is 18.7 Å². The number of nitriles is 1. The number of fused-ring (bicyclic) bond motifs is 1. The molecule has 192 valence electrons. The zero-order chi connectivity index (χ0) is 26.2. The van der Waals surface area contributed by atoms with Gasteiger partial charge in [-0.3, -0.25) is 4.57 Å². The fraction of sp³-hybridized carbons (Fsp3) is 0.381. The molecular weight excluding hydrogens is 503 g/mol. The molecule has 1 aliphatic heterocycles. The second-order valence-electron chi connectivity index (χ2n) is 8.21. The standard InChI is InChI=1S/C21H22F2N5O7P/c1-10(12-3-2-11(22)6-14(12)23)25-19-13-4-5-28(20(13)27-16(7-24)26-19)21-18(30)17(29)15(35-21)8-34-9-36(31,32)33/h2-6,10,15,17-18,21,29-30H,8-9H2,1H3,(H,25,26,27)(H2,31,32,33)/t10-,15+,17+,18+,21+/m0/s1. The summed E-state index contributed by atoms with van der Waals surface area (Å²) in [5.41, 5.74) is 0.320. The van der Waals surface area contributed by atoms with Crippen LogP contribution in [0.15, 0.2) is 30.5 Å². The van der Waals surface area contributed by atoms with Gasteiger partial charge in [0.1, 0.15) is 53.8 Å². The Kier molecular flexibility index (Phi) is 7.35. The number of hydrogen-bond acceptors (Lipinski definition) is 9. The molecule has 1 aromatic carbocycles. The smallest absolute Gasteiger partial charge is 0.350 e. The lowest BCUT2D eigenvalue weighted by atomic mass is 10.1. The van der Waals surface area contributed by atoms with Gasteiger partial charge in [0.15, 0.2) is 6.23 Å². The Morgan fingerprint density at radius 2 is 2.03 bits per heavy atom. The van der Waals surface area contributed by atoms with E-state index in [2.05, 4.69) is 15.3 Å². The maximum Gasteiger partial charge on any atom is 0.350 e. The normalized spacial score (nSPS) is 23.1. The Balaban J connectivity index is 1.62. The van der Waals surface area contributed by atoms with E-state index in [0.29, 0.717) is 5.39 Å². The predicted molar refractivity (Wildman–Crippen MR) is 119 cm³/mol. The van der Waals surface area contributed by atoms with Crippen molar-refractivity contribution in [3.8, 4) is 6.07 Å². The molecule has 0 radical (unpaired) electrons. The average molecular weight is 525 g/mol. The minimum atomic E-state index is -4.43. The Hall–Kier alpha value is -3.02. The Labute approximate surface area is 202 Å². The van der Waals surface area contributed by atoms with E-state index in [1.165, 1.54) is 16.8 Å². The second-order valence-corrected chi connectivity index (χ2v) is 9.80. The third-order valence-electron chi connectivity index (χ3n) is 5.61. The van der Waals surface area contributed by atoms with Crippen molar-refractivity contribution in [3.05, 3.63) is 53.5 Å². The summed E-state index contributed by atoms with van der Waals surface area (Å²) in [7, 11) is -4.43. The minimum Gasteiger partial charge on any atom is -0.387 e. The molecule has 0 spiro atoms. The highest BCUT2D eigenvalue weighted by Crippen LogP contribution is 2.37. The number of aliphatic hydroxyl groups excluding tert-OH is 2. The molecule has 36 heavy (non-hydrogen) atoms. The Morgan fingerprint density at radius 1 is 1.28 bits per heavy atom. The minimum absolute atomic E-state index is 0.156. The highest BCUT2D eigenvalue weighted by atomic mass is 31.2. The van der Waals surface area contributed by atoms with Gasteiger partial charge in [0.25, 0.3) is 0 Å². The molecule has 3 aromatic rings. The summed E-state index contributed by atoms with van der Waals surface area (Å²) in [6.45, 7) is 1.22. The van der Waals surface area contributed by atoms with Crippen molar-refractivity contribution in [3.63, 3.8) is 0 Å². The topological polar surface area (TPSA) is 183 Å². The van der Waals surface area contributed by atoms with E-state index in [1.807, 2.05) is 6.07 Å². The van der Waals surface area contributed by atoms with Crippen LogP contribution in [0.25, 0.3) is 11.0 Å². The van der Waals surface area contributed by atoms with Gasteiger partial charge in [0.05, 0.1) is 18.0 Å². The molecule has 2 aromatic heterocycles. The summed E-state index contributed by atoms with van der Waals surface area (Å²) in [5, 5.41) is 33.7. The third-order valence-corrected chi connectivity index (χ3v) is 6.13. The lowest BCUT2D eigenvalue weighted by Gasteiger charge is -2.19. The zero-order valence-electron chi connectivity index (χ0n) is 18.7. The summed E-state index contributed by atoms with van der Waals surface area (Å²) in [5.74, 6) is -1.56. The van der Waals surface area contributed by atoms with Crippen LogP contribution in [-0.2, 0) is 14.0 Å². The SMILES string of the molecule is C[C@H](Nc1nc(C#N)nc2c1ccn2[C@@H]1O[C@H](COCP(=O)(O)O)[C@@H](O)[C@H]1O)c1ccc(F)cc1F. The summed E-state index contributed by atoms with van der Waals surface area (Å²) >= 11 is 0. The summed E-state index contributed by atoms with van der Waals surface area (Å²) in [6, 6.07) is 5.87. The van der Waals surface area contributed by atoms with Crippen molar-refractivity contribution in [1.82, 2.24) is 14.5 Å². The highest BCUT2D eigenvalue weighted by molar-refractivity contribution is 7.51. The molecule has 4 rings (SSSR count). The highest BCUT2D eigenvalue weighted by Gasteiger charge is 2.44. The van der Waals surface area contributed by atoms with Crippen LogP contribution in [0.2, 0.25) is 0 Å². The van der Waals surface area contributed by atoms with Crippen LogP contribution in [0.3, 0.4) is 0 Å². The van der Waals surface area contributed by atoms with Crippen LogP contribution in [0.5, 0.6) is 0 Å². The van der Waals surface area contributed by atoms with Gasteiger partial charge >= 0.3 is 7.60 Å². The number of benzene rings is 1. The molecule has 0 aliphatic carbocycles. The van der Waals surface area contributed by atoms with E-state index in [4.69, 9.17) is 19.3 Å². The zero-order valence-corrected chi connectivity index (χ0v) is 19.6. The molecule has 0 amide bonds. The first-order valence-corrected chi connectivity index (χ1v) is 12.4. The van der Waals surface area contributed by atoms with Crippen molar-refractivity contribution in [2.45, 2.75) is 37.5 Å². The van der Waals surface area contributed by atoms with E-state index in [1.54, 1.807) is 13.0 Å². The maximum atomic E-state index is 14.3. The van der Waals surface area contributed by atoms with Crippen LogP contribution in [0.1, 0.15) is 30.6 Å². The van der Waals surface area contributed by atoms with Crippen LogP contribution in [-0.4, -0.2) is 65.8 Å². The number of halogens is 2. The Morgan fingerprint density at radius 3 is 2.69 bits per heavy atom. The van der Waals surface area contributed by atoms with Gasteiger partial charge < -0.3 is 39.4 Å². The first kappa shape index (κ1) is 26.1. The number of nitrogens with zero attached hydrogens (tertiary/aromatic N) is 4. The summed E-state index contributed by atoms with van der Waals surface area (Å²) in [6.07, 6.45) is -4.59. The molecule has 1 saturated heterocycles. The van der Waals surface area contributed by atoms with Crippen molar-refractivity contribution < 1.29 is 42.8 Å². The molecule has 5 N–H and O–H groups in total. The second kappa shape index (κ2) is 10.2. The number of nitrogens with one attached hydrogen (secondary N) is 1. The quantitative estimate of drug-likeness (QED) is 0.269. The number of aliphatic hydroxyl groups is 2. The van der Waals surface area contributed by atoms with Gasteiger partial charge in [0, 0.05) is 17.8 Å². The molecule has 5 atom stereocenters. The molecule has 15 heteroatoms. The molecule has 0 bridgehead atoms. The van der Waals surface area contributed by atoms with Gasteiger partial charge in [-0.05, 0) is 19.1 Å². The van der Waals surface area contributed by atoms with E-state index in [9.17, 15) is 28.8 Å². The molecule has 1 aliphatic rings. The number of ether oxygens (including phenoxy) is 2. The van der Waals surface area contributed by atoms with Gasteiger partial charge in [0.2, 0.25) is 5.82 Å². The summed E-state index contributed by atoms with van der Waals surface area (Å²) in [4.78, 5) is 26.1. The van der Waals surface area contributed by atoms with Crippen molar-refractivity contribution in [2.75, 3.05) is 18.3 Å². The lowest BCUT2D eigenvalue weighted by molar-refractivity contribution is -0.0610. The van der Waals surface area contributed by atoms with Gasteiger partial charge in [-0.1, -0.05) is 6.07 Å². The number of aromatic nitrogens is 3. The summed E-state index contributed by atoms with van der Waals surface area (Å²) < 4.78 is 50.5. The average Bonchev–Trinajstić information content (AvgIpc) is 3.34. The van der Waals surface area contributed by atoms with Crippen LogP contribution in [0, 0.1) is 23.0 Å². The van der Waals surface area contributed by atoms with Gasteiger partial charge in [-0.15, -0.1) is 0 Å². The molecule has 12 nitrogen and oxygen atoms in total.